The zero-order valence-electron chi connectivity index (χ0n) is 8.16. The third-order valence-corrected chi connectivity index (χ3v) is 1.72. The molecule has 0 amide bonds. The van der Waals surface area contributed by atoms with Crippen LogP contribution in [0.2, 0.25) is 0 Å². The molecule has 13 heavy (non-hydrogen) atoms. The van der Waals surface area contributed by atoms with Gasteiger partial charge in [-0.2, -0.15) is 0 Å². The Kier molecular flexibility index (Phi) is 7.30. The van der Waals surface area contributed by atoms with Gasteiger partial charge >= 0.3 is 5.97 Å². The molecule has 0 aliphatic carbocycles. The van der Waals surface area contributed by atoms with Crippen LogP contribution >= 0.6 is 0 Å². The lowest BCUT2D eigenvalue weighted by Gasteiger charge is -2.10. The zero-order valence-corrected chi connectivity index (χ0v) is 8.16. The molecular formula is C10H18O3. The maximum Gasteiger partial charge on any atom is 0.333 e. The molecule has 0 aromatic heterocycles. The van der Waals surface area contributed by atoms with E-state index in [1.54, 1.807) is 6.08 Å². The van der Waals surface area contributed by atoms with Crippen molar-refractivity contribution in [2.45, 2.75) is 38.7 Å². The fraction of sp³-hybridized carbons (Fsp3) is 0.700. The van der Waals surface area contributed by atoms with Crippen LogP contribution in [0.1, 0.15) is 32.6 Å². The predicted octanol–water partition coefficient (Wildman–Crippen LogP) is 2.22. The summed E-state index contributed by atoms with van der Waals surface area (Å²) in [5.74, 6) is -0.906. The van der Waals surface area contributed by atoms with E-state index in [2.05, 4.69) is 13.5 Å². The summed E-state index contributed by atoms with van der Waals surface area (Å²) in [7, 11) is 0. The highest BCUT2D eigenvalue weighted by atomic mass is 16.5. The quantitative estimate of drug-likeness (QED) is 0.467. The largest absolute Gasteiger partial charge is 0.479 e. The lowest BCUT2D eigenvalue weighted by molar-refractivity contribution is -0.150. The Morgan fingerprint density at radius 3 is 2.77 bits per heavy atom. The van der Waals surface area contributed by atoms with Crippen LogP contribution in [0.4, 0.5) is 0 Å². The first-order valence-electron chi connectivity index (χ1n) is 4.67. The van der Waals surface area contributed by atoms with Crippen LogP contribution in [-0.2, 0) is 9.53 Å². The minimum absolute atomic E-state index is 0.376. The number of aliphatic carboxylic acids is 1. The van der Waals surface area contributed by atoms with Gasteiger partial charge in [-0.25, -0.2) is 4.79 Å². The van der Waals surface area contributed by atoms with E-state index in [-0.39, 0.29) is 0 Å². The molecule has 0 aromatic carbocycles. The van der Waals surface area contributed by atoms with Crippen molar-refractivity contribution in [3.05, 3.63) is 12.7 Å². The number of carbonyl (C=O) groups is 1. The molecule has 0 fully saturated rings. The molecule has 0 saturated heterocycles. The maximum absolute atomic E-state index is 10.6. The third-order valence-electron chi connectivity index (χ3n) is 1.72. The Morgan fingerprint density at radius 2 is 2.31 bits per heavy atom. The van der Waals surface area contributed by atoms with Gasteiger partial charge in [0.2, 0.25) is 0 Å². The van der Waals surface area contributed by atoms with Gasteiger partial charge in [-0.05, 0) is 6.42 Å². The molecule has 76 valence electrons. The molecule has 3 nitrogen and oxygen atoms in total. The van der Waals surface area contributed by atoms with E-state index < -0.39 is 12.1 Å². The van der Waals surface area contributed by atoms with Gasteiger partial charge in [0.15, 0.2) is 6.10 Å². The van der Waals surface area contributed by atoms with E-state index in [0.29, 0.717) is 13.0 Å². The Morgan fingerprint density at radius 1 is 1.62 bits per heavy atom. The van der Waals surface area contributed by atoms with Gasteiger partial charge in [0, 0.05) is 13.0 Å². The monoisotopic (exact) mass is 186 g/mol. The van der Waals surface area contributed by atoms with E-state index in [9.17, 15) is 4.79 Å². The van der Waals surface area contributed by atoms with Crippen molar-refractivity contribution < 1.29 is 14.6 Å². The van der Waals surface area contributed by atoms with Crippen LogP contribution in [0.3, 0.4) is 0 Å². The highest BCUT2D eigenvalue weighted by Gasteiger charge is 2.15. The maximum atomic E-state index is 10.6. The predicted molar refractivity (Wildman–Crippen MR) is 51.7 cm³/mol. The fourth-order valence-electron chi connectivity index (χ4n) is 0.969. The van der Waals surface area contributed by atoms with Gasteiger partial charge in [-0.1, -0.05) is 25.8 Å². The number of hydrogen-bond acceptors (Lipinski definition) is 2. The number of hydrogen-bond donors (Lipinski definition) is 1. The third kappa shape index (κ3) is 6.34. The number of carboxylic acid groups (broad SMARTS) is 1. The molecule has 0 saturated carbocycles. The summed E-state index contributed by atoms with van der Waals surface area (Å²) in [5.41, 5.74) is 0. The van der Waals surface area contributed by atoms with Crippen molar-refractivity contribution in [2.24, 2.45) is 0 Å². The number of carboxylic acids is 1. The highest BCUT2D eigenvalue weighted by molar-refractivity contribution is 5.72. The summed E-state index contributed by atoms with van der Waals surface area (Å²) >= 11 is 0. The number of ether oxygens (including phenoxy) is 1. The van der Waals surface area contributed by atoms with Crippen LogP contribution in [0, 0.1) is 0 Å². The smallest absolute Gasteiger partial charge is 0.333 e. The summed E-state index contributed by atoms with van der Waals surface area (Å²) in [4.78, 5) is 10.6. The average Bonchev–Trinajstić information content (AvgIpc) is 2.10. The summed E-state index contributed by atoms with van der Waals surface area (Å²) in [6.07, 6.45) is 4.36. The van der Waals surface area contributed by atoms with Crippen molar-refractivity contribution in [1.29, 1.82) is 0 Å². The molecule has 3 heteroatoms. The second kappa shape index (κ2) is 7.80. The molecule has 0 spiro atoms. The Hall–Kier alpha value is -0.830. The number of rotatable bonds is 8. The highest BCUT2D eigenvalue weighted by Crippen LogP contribution is 2.02. The molecule has 1 unspecified atom stereocenters. The van der Waals surface area contributed by atoms with Crippen molar-refractivity contribution in [3.8, 4) is 0 Å². The van der Waals surface area contributed by atoms with E-state index in [0.717, 1.165) is 19.3 Å². The van der Waals surface area contributed by atoms with Crippen LogP contribution in [0.25, 0.3) is 0 Å². The summed E-state index contributed by atoms with van der Waals surface area (Å²) in [6.45, 7) is 6.11. The second-order valence-electron chi connectivity index (χ2n) is 2.93. The first kappa shape index (κ1) is 12.2. The Balaban J connectivity index is 3.56. The van der Waals surface area contributed by atoms with E-state index in [1.165, 1.54) is 0 Å². The SMILES string of the molecule is C=CCC(OCCCCC)C(=O)O. The van der Waals surface area contributed by atoms with Gasteiger partial charge in [0.25, 0.3) is 0 Å². The molecule has 1 N–H and O–H groups in total. The van der Waals surface area contributed by atoms with E-state index >= 15 is 0 Å². The minimum Gasteiger partial charge on any atom is -0.479 e. The molecule has 0 aliphatic heterocycles. The van der Waals surface area contributed by atoms with Gasteiger partial charge in [0.05, 0.1) is 0 Å². The van der Waals surface area contributed by atoms with Crippen molar-refractivity contribution in [3.63, 3.8) is 0 Å². The van der Waals surface area contributed by atoms with Gasteiger partial charge in [-0.15, -0.1) is 6.58 Å². The molecular weight excluding hydrogens is 168 g/mol. The average molecular weight is 186 g/mol. The van der Waals surface area contributed by atoms with Gasteiger partial charge in [-0.3, -0.25) is 0 Å². The molecule has 0 heterocycles. The Bertz CT molecular complexity index is 154. The topological polar surface area (TPSA) is 46.5 Å². The van der Waals surface area contributed by atoms with Crippen LogP contribution in [0.15, 0.2) is 12.7 Å². The molecule has 0 aromatic rings. The van der Waals surface area contributed by atoms with Gasteiger partial charge in [0.1, 0.15) is 0 Å². The first-order valence-corrected chi connectivity index (χ1v) is 4.67. The zero-order chi connectivity index (χ0) is 10.1. The normalized spacial score (nSPS) is 12.4. The van der Waals surface area contributed by atoms with Crippen LogP contribution in [-0.4, -0.2) is 23.8 Å². The minimum atomic E-state index is -0.906. The lowest BCUT2D eigenvalue weighted by Crippen LogP contribution is -2.23. The summed E-state index contributed by atoms with van der Waals surface area (Å²) in [5, 5.41) is 8.69. The van der Waals surface area contributed by atoms with Gasteiger partial charge < -0.3 is 9.84 Å². The fourth-order valence-corrected chi connectivity index (χ4v) is 0.969. The first-order chi connectivity index (χ1) is 6.22. The van der Waals surface area contributed by atoms with Crippen LogP contribution < -0.4 is 0 Å². The number of unbranched alkanes of at least 4 members (excludes halogenated alkanes) is 2. The molecule has 0 radical (unpaired) electrons. The van der Waals surface area contributed by atoms with Crippen molar-refractivity contribution in [2.75, 3.05) is 6.61 Å². The second-order valence-corrected chi connectivity index (χ2v) is 2.93. The molecule has 0 aliphatic rings. The molecule has 1 atom stereocenters. The van der Waals surface area contributed by atoms with E-state index in [4.69, 9.17) is 9.84 Å². The van der Waals surface area contributed by atoms with Crippen LogP contribution in [0.5, 0.6) is 0 Å². The van der Waals surface area contributed by atoms with Crippen molar-refractivity contribution in [1.82, 2.24) is 0 Å². The summed E-state index contributed by atoms with van der Waals surface area (Å²) < 4.78 is 5.18. The molecule has 0 bridgehead atoms. The Labute approximate surface area is 79.4 Å². The lowest BCUT2D eigenvalue weighted by atomic mass is 10.2. The standard InChI is InChI=1S/C10H18O3/c1-3-5-6-8-13-9(7-4-2)10(11)12/h4,9H,2-3,5-8H2,1H3,(H,11,12). The van der Waals surface area contributed by atoms with Crippen molar-refractivity contribution >= 4 is 5.97 Å². The van der Waals surface area contributed by atoms with E-state index in [1.807, 2.05) is 0 Å². The summed E-state index contributed by atoms with van der Waals surface area (Å²) in [6, 6.07) is 0. The molecule has 0 rings (SSSR count).